The first kappa shape index (κ1) is 24.3. The molecule has 12 heteroatoms. The van der Waals surface area contributed by atoms with Crippen LogP contribution in [0.15, 0.2) is 61.1 Å². The molecule has 0 spiro atoms. The van der Waals surface area contributed by atoms with Gasteiger partial charge in [0.05, 0.1) is 41.1 Å². The van der Waals surface area contributed by atoms with Crippen LogP contribution in [-0.4, -0.2) is 45.4 Å². The zero-order chi connectivity index (χ0) is 24.3. The predicted molar refractivity (Wildman–Crippen MR) is 124 cm³/mol. The average molecular weight is 483 g/mol. The van der Waals surface area contributed by atoms with E-state index in [9.17, 15) is 19.2 Å². The van der Waals surface area contributed by atoms with Crippen molar-refractivity contribution in [3.63, 3.8) is 0 Å². The highest BCUT2D eigenvalue weighted by atomic mass is 32.1. The molecule has 11 nitrogen and oxygen atoms in total. The molecule has 3 rings (SSSR count). The topological polar surface area (TPSA) is 162 Å². The van der Waals surface area contributed by atoms with Gasteiger partial charge in [-0.15, -0.1) is 11.3 Å². The molecule has 176 valence electrons. The van der Waals surface area contributed by atoms with Crippen molar-refractivity contribution in [1.82, 2.24) is 25.9 Å². The summed E-state index contributed by atoms with van der Waals surface area (Å²) >= 11 is 1.04. The van der Waals surface area contributed by atoms with Gasteiger partial charge in [0.15, 0.2) is 0 Å². The number of nitrogens with zero attached hydrogens (tertiary/aromatic N) is 2. The fraction of sp³-hybridized carbons (Fsp3) is 0.182. The van der Waals surface area contributed by atoms with Crippen molar-refractivity contribution in [2.45, 2.75) is 19.0 Å². The molecule has 4 amide bonds. The Hall–Kier alpha value is -4.32. The summed E-state index contributed by atoms with van der Waals surface area (Å²) in [4.78, 5) is 56.1. The van der Waals surface area contributed by atoms with E-state index in [4.69, 9.17) is 5.11 Å². The number of carboxylic acid groups (broad SMARTS) is 1. The summed E-state index contributed by atoms with van der Waals surface area (Å²) in [5.74, 6) is -2.13. The molecule has 34 heavy (non-hydrogen) atoms. The lowest BCUT2D eigenvalue weighted by molar-refractivity contribution is -0.137. The largest absolute Gasteiger partial charge is 0.481 e. The summed E-state index contributed by atoms with van der Waals surface area (Å²) in [6, 6.07) is 10.5. The van der Waals surface area contributed by atoms with E-state index >= 15 is 0 Å². The van der Waals surface area contributed by atoms with E-state index in [0.717, 1.165) is 11.3 Å². The molecule has 0 fully saturated rings. The van der Waals surface area contributed by atoms with Crippen molar-refractivity contribution in [1.29, 1.82) is 0 Å². The standard InChI is InChI=1S/C22H22N6O5S/c29-18(27-16(10-20(30)31)14-4-3-8-23-11-14)13-25-21(32)17-6-7-19(34-17)28-22(33)26-12-15-5-1-2-9-24-15/h1-9,11,16H,10,12-13H2,(H,25,32)(H,27,29)(H,30,31)(H2,26,28,33). The van der Waals surface area contributed by atoms with Crippen LogP contribution in [-0.2, 0) is 16.1 Å². The van der Waals surface area contributed by atoms with E-state index < -0.39 is 29.9 Å². The minimum absolute atomic E-state index is 0.252. The van der Waals surface area contributed by atoms with Crippen LogP contribution in [0.1, 0.15) is 33.4 Å². The molecular formula is C22H22N6O5S. The van der Waals surface area contributed by atoms with Crippen molar-refractivity contribution < 1.29 is 24.3 Å². The van der Waals surface area contributed by atoms with Gasteiger partial charge in [-0.3, -0.25) is 29.7 Å². The van der Waals surface area contributed by atoms with Crippen LogP contribution in [0, 0.1) is 0 Å². The maximum Gasteiger partial charge on any atom is 0.320 e. The molecule has 3 aromatic heterocycles. The second kappa shape index (κ2) is 12.1. The first-order chi connectivity index (χ1) is 16.4. The first-order valence-electron chi connectivity index (χ1n) is 10.1. The minimum Gasteiger partial charge on any atom is -0.481 e. The first-order valence-corrected chi connectivity index (χ1v) is 11.0. The Bertz CT molecular complexity index is 1140. The van der Waals surface area contributed by atoms with E-state index in [1.54, 1.807) is 36.5 Å². The quantitative estimate of drug-likeness (QED) is 0.295. The Labute approximate surface area is 198 Å². The minimum atomic E-state index is -1.08. The molecule has 0 saturated carbocycles. The van der Waals surface area contributed by atoms with E-state index in [0.29, 0.717) is 21.1 Å². The number of carboxylic acids is 1. The number of hydrogen-bond acceptors (Lipinski definition) is 7. The highest BCUT2D eigenvalue weighted by Crippen LogP contribution is 2.21. The van der Waals surface area contributed by atoms with Crippen LogP contribution in [0.5, 0.6) is 0 Å². The molecule has 5 N–H and O–H groups in total. The lowest BCUT2D eigenvalue weighted by Crippen LogP contribution is -2.39. The van der Waals surface area contributed by atoms with Gasteiger partial charge in [-0.05, 0) is 35.9 Å². The van der Waals surface area contributed by atoms with Crippen LogP contribution in [0.4, 0.5) is 9.80 Å². The van der Waals surface area contributed by atoms with E-state index in [2.05, 4.69) is 31.2 Å². The lowest BCUT2D eigenvalue weighted by Gasteiger charge is -2.17. The number of carbonyl (C=O) groups excluding carboxylic acids is 3. The number of nitrogens with one attached hydrogen (secondary N) is 4. The number of pyridine rings is 2. The summed E-state index contributed by atoms with van der Waals surface area (Å²) < 4.78 is 0. The summed E-state index contributed by atoms with van der Waals surface area (Å²) in [6.07, 6.45) is 4.31. The van der Waals surface area contributed by atoms with Crippen molar-refractivity contribution in [2.75, 3.05) is 11.9 Å². The number of hydrogen-bond donors (Lipinski definition) is 5. The number of carbonyl (C=O) groups is 4. The van der Waals surface area contributed by atoms with E-state index in [-0.39, 0.29) is 19.5 Å². The highest BCUT2D eigenvalue weighted by Gasteiger charge is 2.19. The van der Waals surface area contributed by atoms with Crippen LogP contribution in [0.3, 0.4) is 0 Å². The van der Waals surface area contributed by atoms with Crippen LogP contribution in [0.25, 0.3) is 0 Å². The van der Waals surface area contributed by atoms with Gasteiger partial charge in [0.25, 0.3) is 5.91 Å². The third kappa shape index (κ3) is 7.67. The molecule has 0 radical (unpaired) electrons. The summed E-state index contributed by atoms with van der Waals surface area (Å²) in [5, 5.41) is 19.9. The number of rotatable bonds is 10. The monoisotopic (exact) mass is 482 g/mol. The second-order valence-corrected chi connectivity index (χ2v) is 8.06. The van der Waals surface area contributed by atoms with Gasteiger partial charge in [-0.2, -0.15) is 0 Å². The number of anilines is 1. The molecule has 0 aliphatic carbocycles. The Balaban J connectivity index is 1.46. The second-order valence-electron chi connectivity index (χ2n) is 6.98. The van der Waals surface area contributed by atoms with Crippen LogP contribution < -0.4 is 21.3 Å². The zero-order valence-electron chi connectivity index (χ0n) is 17.9. The third-order valence-electron chi connectivity index (χ3n) is 4.43. The number of aromatic nitrogens is 2. The lowest BCUT2D eigenvalue weighted by atomic mass is 10.1. The van der Waals surface area contributed by atoms with Gasteiger partial charge in [0.2, 0.25) is 5.91 Å². The average Bonchev–Trinajstić information content (AvgIpc) is 3.30. The summed E-state index contributed by atoms with van der Waals surface area (Å²) in [6.45, 7) is -0.0944. The van der Waals surface area contributed by atoms with Crippen LogP contribution >= 0.6 is 11.3 Å². The third-order valence-corrected chi connectivity index (χ3v) is 5.43. The van der Waals surface area contributed by atoms with Gasteiger partial charge >= 0.3 is 12.0 Å². The molecule has 0 aliphatic rings. The Morgan fingerprint density at radius 2 is 1.85 bits per heavy atom. The molecule has 1 unspecified atom stereocenters. The number of urea groups is 1. The molecule has 0 bridgehead atoms. The van der Waals surface area contributed by atoms with Gasteiger partial charge in [-0.25, -0.2) is 4.79 Å². The molecule has 1 atom stereocenters. The maximum atomic E-state index is 12.4. The van der Waals surface area contributed by atoms with E-state index in [1.807, 2.05) is 6.07 Å². The van der Waals surface area contributed by atoms with Crippen LogP contribution in [0.2, 0.25) is 0 Å². The Morgan fingerprint density at radius 3 is 2.56 bits per heavy atom. The Kier molecular flexibility index (Phi) is 8.63. The zero-order valence-corrected chi connectivity index (χ0v) is 18.7. The molecule has 3 aromatic rings. The molecule has 0 aromatic carbocycles. The van der Waals surface area contributed by atoms with Crippen molar-refractivity contribution in [3.05, 3.63) is 77.2 Å². The Morgan fingerprint density at radius 1 is 1.00 bits per heavy atom. The van der Waals surface area contributed by atoms with Gasteiger partial charge in [0, 0.05) is 18.6 Å². The molecule has 0 saturated heterocycles. The number of aliphatic carboxylic acids is 1. The number of amides is 4. The molecule has 3 heterocycles. The van der Waals surface area contributed by atoms with E-state index in [1.165, 1.54) is 18.5 Å². The smallest absolute Gasteiger partial charge is 0.320 e. The normalized spacial score (nSPS) is 11.2. The fourth-order valence-electron chi connectivity index (χ4n) is 2.86. The predicted octanol–water partition coefficient (Wildman–Crippen LogP) is 1.92. The van der Waals surface area contributed by atoms with Gasteiger partial charge in [0.1, 0.15) is 0 Å². The van der Waals surface area contributed by atoms with Crippen molar-refractivity contribution >= 4 is 40.2 Å². The molecule has 0 aliphatic heterocycles. The summed E-state index contributed by atoms with van der Waals surface area (Å²) in [5.41, 5.74) is 1.25. The SMILES string of the molecule is O=C(O)CC(NC(=O)CNC(=O)c1ccc(NC(=O)NCc2ccccn2)s1)c1cccnc1. The highest BCUT2D eigenvalue weighted by molar-refractivity contribution is 7.18. The molecular weight excluding hydrogens is 460 g/mol. The van der Waals surface area contributed by atoms with Crippen molar-refractivity contribution in [3.8, 4) is 0 Å². The maximum absolute atomic E-state index is 12.4. The van der Waals surface area contributed by atoms with Gasteiger partial charge in [-0.1, -0.05) is 12.1 Å². The number of thiophene rings is 1. The fourth-order valence-corrected chi connectivity index (χ4v) is 3.68. The summed E-state index contributed by atoms with van der Waals surface area (Å²) in [7, 11) is 0. The van der Waals surface area contributed by atoms with Crippen molar-refractivity contribution in [2.24, 2.45) is 0 Å². The van der Waals surface area contributed by atoms with Gasteiger partial charge < -0.3 is 21.1 Å².